The standard InChI is InChI=1S/C8H17NO4S/c1-4-7(5-2)9(3)14(12,13)6-8(10)11/h7H,4-6H2,1-3H3,(H,10,11). The highest BCUT2D eigenvalue weighted by molar-refractivity contribution is 7.89. The van der Waals surface area contributed by atoms with Crippen molar-refractivity contribution in [3.8, 4) is 0 Å². The van der Waals surface area contributed by atoms with Crippen molar-refractivity contribution in [2.75, 3.05) is 12.8 Å². The molecule has 0 aromatic carbocycles. The summed E-state index contributed by atoms with van der Waals surface area (Å²) in [5.74, 6) is -2.15. The molecule has 0 saturated heterocycles. The van der Waals surface area contributed by atoms with Crippen molar-refractivity contribution >= 4 is 16.0 Å². The second kappa shape index (κ2) is 5.31. The van der Waals surface area contributed by atoms with E-state index in [0.29, 0.717) is 12.8 Å². The van der Waals surface area contributed by atoms with Crippen LogP contribution >= 0.6 is 0 Å². The molecular weight excluding hydrogens is 206 g/mol. The highest BCUT2D eigenvalue weighted by atomic mass is 32.2. The maximum atomic E-state index is 11.4. The van der Waals surface area contributed by atoms with Crippen LogP contribution in [-0.2, 0) is 14.8 Å². The van der Waals surface area contributed by atoms with E-state index < -0.39 is 21.7 Å². The summed E-state index contributed by atoms with van der Waals surface area (Å²) in [4.78, 5) is 10.3. The van der Waals surface area contributed by atoms with Gasteiger partial charge in [-0.25, -0.2) is 12.7 Å². The Bertz CT molecular complexity index is 282. The van der Waals surface area contributed by atoms with Gasteiger partial charge in [0, 0.05) is 13.1 Å². The van der Waals surface area contributed by atoms with Crippen molar-refractivity contribution in [2.24, 2.45) is 0 Å². The minimum absolute atomic E-state index is 0.112. The van der Waals surface area contributed by atoms with Gasteiger partial charge in [0.2, 0.25) is 10.0 Å². The van der Waals surface area contributed by atoms with Gasteiger partial charge in [-0.1, -0.05) is 13.8 Å². The molecule has 0 radical (unpaired) electrons. The van der Waals surface area contributed by atoms with Gasteiger partial charge in [-0.05, 0) is 12.8 Å². The quantitative estimate of drug-likeness (QED) is 0.712. The van der Waals surface area contributed by atoms with E-state index in [1.807, 2.05) is 13.8 Å². The van der Waals surface area contributed by atoms with Gasteiger partial charge < -0.3 is 5.11 Å². The van der Waals surface area contributed by atoms with Crippen LogP contribution in [0.1, 0.15) is 26.7 Å². The molecule has 0 spiro atoms. The Morgan fingerprint density at radius 1 is 1.36 bits per heavy atom. The fraction of sp³-hybridized carbons (Fsp3) is 0.875. The molecule has 84 valence electrons. The molecule has 0 aliphatic heterocycles. The number of rotatable bonds is 6. The van der Waals surface area contributed by atoms with Crippen LogP contribution in [0.5, 0.6) is 0 Å². The van der Waals surface area contributed by atoms with E-state index >= 15 is 0 Å². The molecule has 1 N–H and O–H groups in total. The summed E-state index contributed by atoms with van der Waals surface area (Å²) < 4.78 is 24.0. The Morgan fingerprint density at radius 2 is 1.79 bits per heavy atom. The first-order valence-corrected chi connectivity index (χ1v) is 6.13. The molecule has 0 fully saturated rings. The minimum atomic E-state index is -3.65. The van der Waals surface area contributed by atoms with E-state index in [1.54, 1.807) is 0 Å². The Hall–Kier alpha value is -0.620. The van der Waals surface area contributed by atoms with E-state index in [4.69, 9.17) is 5.11 Å². The van der Waals surface area contributed by atoms with Crippen molar-refractivity contribution in [3.05, 3.63) is 0 Å². The maximum absolute atomic E-state index is 11.4. The van der Waals surface area contributed by atoms with Gasteiger partial charge in [-0.3, -0.25) is 4.79 Å². The number of aliphatic carboxylic acids is 1. The third-order valence-electron chi connectivity index (χ3n) is 2.20. The van der Waals surface area contributed by atoms with Gasteiger partial charge in [0.1, 0.15) is 0 Å². The van der Waals surface area contributed by atoms with Crippen LogP contribution in [0.15, 0.2) is 0 Å². The topological polar surface area (TPSA) is 74.7 Å². The Kier molecular flexibility index (Phi) is 5.07. The predicted octanol–water partition coefficient (Wildman–Crippen LogP) is 0.521. The number of carboxylic acids is 1. The summed E-state index contributed by atoms with van der Waals surface area (Å²) in [6.45, 7) is 3.75. The van der Waals surface area contributed by atoms with Crippen molar-refractivity contribution < 1.29 is 18.3 Å². The SMILES string of the molecule is CCC(CC)N(C)S(=O)(=O)CC(=O)O. The van der Waals surface area contributed by atoms with Crippen molar-refractivity contribution in [1.29, 1.82) is 0 Å². The number of sulfonamides is 1. The third kappa shape index (κ3) is 3.63. The van der Waals surface area contributed by atoms with E-state index in [0.717, 1.165) is 4.31 Å². The average Bonchev–Trinajstić information content (AvgIpc) is 2.04. The smallest absolute Gasteiger partial charge is 0.320 e. The second-order valence-corrected chi connectivity index (χ2v) is 5.16. The summed E-state index contributed by atoms with van der Waals surface area (Å²) in [6.07, 6.45) is 1.37. The van der Waals surface area contributed by atoms with E-state index in [-0.39, 0.29) is 6.04 Å². The highest BCUT2D eigenvalue weighted by Crippen LogP contribution is 2.11. The van der Waals surface area contributed by atoms with Crippen LogP contribution in [0.3, 0.4) is 0 Å². The number of carboxylic acid groups (broad SMARTS) is 1. The van der Waals surface area contributed by atoms with Gasteiger partial charge >= 0.3 is 5.97 Å². The van der Waals surface area contributed by atoms with Crippen LogP contribution in [0.25, 0.3) is 0 Å². The van der Waals surface area contributed by atoms with Gasteiger partial charge in [-0.15, -0.1) is 0 Å². The van der Waals surface area contributed by atoms with Crippen LogP contribution in [0.4, 0.5) is 0 Å². The molecule has 14 heavy (non-hydrogen) atoms. The first-order chi connectivity index (χ1) is 6.35. The minimum Gasteiger partial charge on any atom is -0.480 e. The summed E-state index contributed by atoms with van der Waals surface area (Å²) >= 11 is 0. The van der Waals surface area contributed by atoms with Crippen molar-refractivity contribution in [2.45, 2.75) is 32.7 Å². The zero-order valence-corrected chi connectivity index (χ0v) is 9.54. The fourth-order valence-electron chi connectivity index (χ4n) is 1.29. The van der Waals surface area contributed by atoms with E-state index in [2.05, 4.69) is 0 Å². The predicted molar refractivity (Wildman–Crippen MR) is 53.6 cm³/mol. The molecule has 5 nitrogen and oxygen atoms in total. The highest BCUT2D eigenvalue weighted by Gasteiger charge is 2.26. The molecule has 0 saturated carbocycles. The molecule has 0 aromatic rings. The molecule has 0 unspecified atom stereocenters. The third-order valence-corrected chi connectivity index (χ3v) is 3.99. The van der Waals surface area contributed by atoms with E-state index in [1.165, 1.54) is 7.05 Å². The molecule has 0 aliphatic rings. The lowest BCUT2D eigenvalue weighted by Crippen LogP contribution is -2.39. The molecule has 0 atom stereocenters. The molecule has 0 heterocycles. The zero-order chi connectivity index (χ0) is 11.4. The summed E-state index contributed by atoms with van der Waals surface area (Å²) in [5, 5.41) is 8.42. The van der Waals surface area contributed by atoms with Crippen LogP contribution in [0.2, 0.25) is 0 Å². The summed E-state index contributed by atoms with van der Waals surface area (Å²) in [7, 11) is -2.22. The summed E-state index contributed by atoms with van der Waals surface area (Å²) in [6, 6.07) is -0.112. The Balaban J connectivity index is 4.65. The first-order valence-electron chi connectivity index (χ1n) is 4.52. The van der Waals surface area contributed by atoms with Crippen molar-refractivity contribution in [1.82, 2.24) is 4.31 Å². The van der Waals surface area contributed by atoms with Crippen LogP contribution in [0, 0.1) is 0 Å². The van der Waals surface area contributed by atoms with Crippen LogP contribution in [-0.4, -0.2) is 42.6 Å². The number of nitrogens with zero attached hydrogens (tertiary/aromatic N) is 1. The number of carbonyl (C=O) groups is 1. The molecule has 0 rings (SSSR count). The van der Waals surface area contributed by atoms with E-state index in [9.17, 15) is 13.2 Å². The van der Waals surface area contributed by atoms with Gasteiger partial charge in [0.15, 0.2) is 5.75 Å². The fourth-order valence-corrected chi connectivity index (χ4v) is 2.56. The molecular formula is C8H17NO4S. The molecule has 0 aliphatic carbocycles. The lowest BCUT2D eigenvalue weighted by Gasteiger charge is -2.24. The van der Waals surface area contributed by atoms with Gasteiger partial charge in [0.25, 0.3) is 0 Å². The van der Waals surface area contributed by atoms with Crippen molar-refractivity contribution in [3.63, 3.8) is 0 Å². The Morgan fingerprint density at radius 3 is 2.07 bits per heavy atom. The molecule has 0 amide bonds. The second-order valence-electron chi connectivity index (χ2n) is 3.14. The van der Waals surface area contributed by atoms with Gasteiger partial charge in [-0.2, -0.15) is 0 Å². The van der Waals surface area contributed by atoms with Crippen LogP contribution < -0.4 is 0 Å². The zero-order valence-electron chi connectivity index (χ0n) is 8.73. The maximum Gasteiger partial charge on any atom is 0.320 e. The van der Waals surface area contributed by atoms with Gasteiger partial charge in [0.05, 0.1) is 0 Å². The molecule has 0 bridgehead atoms. The lowest BCUT2D eigenvalue weighted by atomic mass is 10.2. The summed E-state index contributed by atoms with van der Waals surface area (Å²) in [5.41, 5.74) is 0. The molecule has 0 aromatic heterocycles. The normalized spacial score (nSPS) is 12.4. The first kappa shape index (κ1) is 13.4. The number of hydrogen-bond acceptors (Lipinski definition) is 3. The number of hydrogen-bond donors (Lipinski definition) is 1. The molecule has 6 heteroatoms. The average molecular weight is 223 g/mol. The Labute approximate surface area is 84.8 Å². The lowest BCUT2D eigenvalue weighted by molar-refractivity contribution is -0.134. The monoisotopic (exact) mass is 223 g/mol. The largest absolute Gasteiger partial charge is 0.480 e.